The van der Waals surface area contributed by atoms with Crippen LogP contribution in [-0.2, 0) is 16.4 Å². The van der Waals surface area contributed by atoms with E-state index in [4.69, 9.17) is 0 Å². The highest BCUT2D eigenvalue weighted by molar-refractivity contribution is 7.91. The second-order valence-electron chi connectivity index (χ2n) is 5.89. The highest BCUT2D eigenvalue weighted by Crippen LogP contribution is 2.33. The smallest absolute Gasteiger partial charge is 0.252 e. The van der Waals surface area contributed by atoms with Gasteiger partial charge in [0, 0.05) is 17.5 Å². The van der Waals surface area contributed by atoms with Crippen molar-refractivity contribution in [2.24, 2.45) is 5.92 Å². The number of thiophene rings is 1. The Kier molecular flexibility index (Phi) is 5.82. The molecule has 0 spiro atoms. The van der Waals surface area contributed by atoms with Crippen LogP contribution in [0.4, 0.5) is 0 Å². The molecule has 2 rings (SSSR count). The molecule has 120 valence electrons. The van der Waals surface area contributed by atoms with E-state index < -0.39 is 10.0 Å². The Morgan fingerprint density at radius 3 is 2.86 bits per heavy atom. The van der Waals surface area contributed by atoms with Crippen LogP contribution in [0.1, 0.15) is 38.5 Å². The highest BCUT2D eigenvalue weighted by Gasteiger charge is 2.37. The van der Waals surface area contributed by atoms with Gasteiger partial charge >= 0.3 is 0 Å². The van der Waals surface area contributed by atoms with Crippen LogP contribution < -0.4 is 5.32 Å². The molecule has 1 aliphatic heterocycles. The first-order valence-corrected chi connectivity index (χ1v) is 10.0. The van der Waals surface area contributed by atoms with Gasteiger partial charge in [0.05, 0.1) is 0 Å². The van der Waals surface area contributed by atoms with Crippen LogP contribution in [0.2, 0.25) is 0 Å². The molecule has 0 aromatic carbocycles. The van der Waals surface area contributed by atoms with Crippen LogP contribution >= 0.6 is 11.3 Å². The zero-order valence-electron chi connectivity index (χ0n) is 13.1. The third-order valence-electron chi connectivity index (χ3n) is 4.02. The lowest BCUT2D eigenvalue weighted by Gasteiger charge is -2.26. The molecule has 0 bridgehead atoms. The van der Waals surface area contributed by atoms with Gasteiger partial charge in [-0.1, -0.05) is 20.8 Å². The summed E-state index contributed by atoms with van der Waals surface area (Å²) in [6.07, 6.45) is 2.85. The normalized spacial score (nSPS) is 20.5. The molecule has 1 N–H and O–H groups in total. The maximum absolute atomic E-state index is 12.8. The van der Waals surface area contributed by atoms with E-state index in [0.29, 0.717) is 16.7 Å². The molecule has 6 heteroatoms. The maximum atomic E-state index is 12.8. The van der Waals surface area contributed by atoms with Gasteiger partial charge < -0.3 is 5.32 Å². The van der Waals surface area contributed by atoms with Gasteiger partial charge in [-0.2, -0.15) is 4.31 Å². The quantitative estimate of drug-likeness (QED) is 0.782. The van der Waals surface area contributed by atoms with E-state index in [2.05, 4.69) is 26.1 Å². The summed E-state index contributed by atoms with van der Waals surface area (Å²) in [5.41, 5.74) is 0. The molecule has 1 aromatic rings. The predicted octanol–water partition coefficient (Wildman–Crippen LogP) is 2.71. The van der Waals surface area contributed by atoms with Crippen LogP contribution in [0, 0.1) is 5.92 Å². The van der Waals surface area contributed by atoms with Crippen molar-refractivity contribution in [3.63, 3.8) is 0 Å². The number of nitrogens with zero attached hydrogens (tertiary/aromatic N) is 1. The number of likely N-dealkylation sites (N-methyl/N-ethyl adjacent to an activating group) is 1. The molecule has 1 aliphatic rings. The Morgan fingerprint density at radius 2 is 2.19 bits per heavy atom. The second kappa shape index (κ2) is 7.22. The third kappa shape index (κ3) is 3.86. The Bertz CT molecular complexity index is 552. The fourth-order valence-electron chi connectivity index (χ4n) is 2.87. The van der Waals surface area contributed by atoms with Gasteiger partial charge in [0.15, 0.2) is 0 Å². The van der Waals surface area contributed by atoms with E-state index in [1.165, 1.54) is 11.3 Å². The van der Waals surface area contributed by atoms with Crippen LogP contribution in [0.3, 0.4) is 0 Å². The summed E-state index contributed by atoms with van der Waals surface area (Å²) in [4.78, 5) is 1.13. The standard InChI is InChI=1S/C15H26N2O2S2/c1-4-16-10-9-13-7-8-15(20-13)21(18,19)17-11-5-6-14(17)12(2)3/h7-8,12,14,16H,4-6,9-11H2,1-3H3. The summed E-state index contributed by atoms with van der Waals surface area (Å²) >= 11 is 1.42. The molecule has 1 fully saturated rings. The molecule has 21 heavy (non-hydrogen) atoms. The van der Waals surface area contributed by atoms with Gasteiger partial charge in [-0.05, 0) is 50.4 Å². The van der Waals surface area contributed by atoms with Gasteiger partial charge in [0.25, 0.3) is 10.0 Å². The first-order chi connectivity index (χ1) is 9.96. The van der Waals surface area contributed by atoms with Gasteiger partial charge in [-0.25, -0.2) is 8.42 Å². The number of nitrogens with one attached hydrogen (secondary N) is 1. The lowest BCUT2D eigenvalue weighted by Crippen LogP contribution is -2.38. The molecule has 1 atom stereocenters. The monoisotopic (exact) mass is 330 g/mol. The van der Waals surface area contributed by atoms with E-state index in [9.17, 15) is 8.42 Å². The van der Waals surface area contributed by atoms with Crippen LogP contribution in [0.5, 0.6) is 0 Å². The van der Waals surface area contributed by atoms with Crippen molar-refractivity contribution in [1.29, 1.82) is 0 Å². The number of sulfonamides is 1. The first kappa shape index (κ1) is 16.9. The molecule has 1 unspecified atom stereocenters. The van der Waals surface area contributed by atoms with Gasteiger partial charge in [0.1, 0.15) is 4.21 Å². The topological polar surface area (TPSA) is 49.4 Å². The van der Waals surface area contributed by atoms with E-state index in [1.807, 2.05) is 6.07 Å². The molecule has 1 saturated heterocycles. The fraction of sp³-hybridized carbons (Fsp3) is 0.733. The minimum Gasteiger partial charge on any atom is -0.317 e. The Balaban J connectivity index is 2.12. The highest BCUT2D eigenvalue weighted by atomic mass is 32.2. The summed E-state index contributed by atoms with van der Waals surface area (Å²) < 4.78 is 27.8. The molecule has 4 nitrogen and oxygen atoms in total. The van der Waals surface area contributed by atoms with Crippen molar-refractivity contribution in [2.45, 2.75) is 50.3 Å². The Hall–Kier alpha value is -0.430. The second-order valence-corrected chi connectivity index (χ2v) is 9.18. The van der Waals surface area contributed by atoms with E-state index in [0.717, 1.165) is 37.2 Å². The molecular weight excluding hydrogens is 304 g/mol. The molecule has 1 aromatic heterocycles. The molecule has 0 amide bonds. The van der Waals surface area contributed by atoms with Crippen LogP contribution in [-0.4, -0.2) is 38.4 Å². The van der Waals surface area contributed by atoms with Crippen molar-refractivity contribution in [2.75, 3.05) is 19.6 Å². The van der Waals surface area contributed by atoms with Crippen molar-refractivity contribution < 1.29 is 8.42 Å². The zero-order valence-corrected chi connectivity index (χ0v) is 14.8. The lowest BCUT2D eigenvalue weighted by molar-refractivity contribution is 0.316. The summed E-state index contributed by atoms with van der Waals surface area (Å²) in [5, 5.41) is 3.27. The summed E-state index contributed by atoms with van der Waals surface area (Å²) in [7, 11) is -3.31. The minimum absolute atomic E-state index is 0.155. The summed E-state index contributed by atoms with van der Waals surface area (Å²) in [6.45, 7) is 8.79. The average Bonchev–Trinajstić information content (AvgIpc) is 3.08. The number of rotatable bonds is 7. The van der Waals surface area contributed by atoms with Crippen molar-refractivity contribution in [1.82, 2.24) is 9.62 Å². The SMILES string of the molecule is CCNCCc1ccc(S(=O)(=O)N2CCCC2C(C)C)s1. The van der Waals surface area contributed by atoms with Crippen molar-refractivity contribution >= 4 is 21.4 Å². The molecular formula is C15H26N2O2S2. The van der Waals surface area contributed by atoms with Crippen molar-refractivity contribution in [3.8, 4) is 0 Å². The lowest BCUT2D eigenvalue weighted by atomic mass is 10.0. The number of hydrogen-bond acceptors (Lipinski definition) is 4. The molecule has 2 heterocycles. The van der Waals surface area contributed by atoms with Crippen LogP contribution in [0.25, 0.3) is 0 Å². The molecule has 0 radical (unpaired) electrons. The van der Waals surface area contributed by atoms with E-state index in [-0.39, 0.29) is 6.04 Å². The fourth-order valence-corrected chi connectivity index (χ4v) is 6.18. The maximum Gasteiger partial charge on any atom is 0.252 e. The first-order valence-electron chi connectivity index (χ1n) is 7.78. The largest absolute Gasteiger partial charge is 0.317 e. The third-order valence-corrected chi connectivity index (χ3v) is 7.55. The minimum atomic E-state index is -3.31. The average molecular weight is 331 g/mol. The van der Waals surface area contributed by atoms with Gasteiger partial charge in [-0.3, -0.25) is 0 Å². The summed E-state index contributed by atoms with van der Waals surface area (Å²) in [6, 6.07) is 3.88. The molecule has 0 aliphatic carbocycles. The Labute approximate surface area is 132 Å². The zero-order chi connectivity index (χ0) is 15.5. The molecule has 0 saturated carbocycles. The predicted molar refractivity (Wildman–Crippen MR) is 88.3 cm³/mol. The van der Waals surface area contributed by atoms with E-state index >= 15 is 0 Å². The van der Waals surface area contributed by atoms with E-state index in [1.54, 1.807) is 10.4 Å². The Morgan fingerprint density at radius 1 is 1.43 bits per heavy atom. The van der Waals surface area contributed by atoms with Crippen LogP contribution in [0.15, 0.2) is 16.3 Å². The van der Waals surface area contributed by atoms with Gasteiger partial charge in [-0.15, -0.1) is 11.3 Å². The van der Waals surface area contributed by atoms with Gasteiger partial charge in [0.2, 0.25) is 0 Å². The van der Waals surface area contributed by atoms with Crippen molar-refractivity contribution in [3.05, 3.63) is 17.0 Å². The summed E-state index contributed by atoms with van der Waals surface area (Å²) in [5.74, 6) is 0.371. The number of hydrogen-bond donors (Lipinski definition) is 1.